The van der Waals surface area contributed by atoms with Crippen LogP contribution in [0.3, 0.4) is 0 Å². The summed E-state index contributed by atoms with van der Waals surface area (Å²) in [6.45, 7) is 23.2. The van der Waals surface area contributed by atoms with Crippen LogP contribution in [0.1, 0.15) is 59.9 Å². The highest BCUT2D eigenvalue weighted by molar-refractivity contribution is 6.74. The van der Waals surface area contributed by atoms with Gasteiger partial charge in [-0.1, -0.05) is 59.7 Å². The predicted molar refractivity (Wildman–Crippen MR) is 176 cm³/mol. The molecule has 1 aromatic carbocycles. The van der Waals surface area contributed by atoms with Crippen LogP contribution in [0.25, 0.3) is 10.9 Å². The number of hydrogen-bond donors (Lipinski definition) is 2. The SMILES string of the molecule is CC(C)(C)[Si](C)(C)OC[C@H]1O[C@@H](n2ccc(NCc3ccc4cccc(N)c4n3)nc2=O)C[C@@H]1O[Si](C)(C)C(C)(C)C. The topological polar surface area (TPSA) is 114 Å². The molecule has 1 fully saturated rings. The summed E-state index contributed by atoms with van der Waals surface area (Å²) in [7, 11) is -4.09. The highest BCUT2D eigenvalue weighted by Gasteiger charge is 2.46. The standard InChI is InChI=1S/C31H49N5O4Si2/c1-30(2,3)41(7,8)38-20-25-24(40-42(9,10)31(4,5)6)18-27(39-25)36-17-16-26(35-29(36)37)33-19-22-15-14-21-12-11-13-23(32)28(21)34-22/h11-17,24-25,27H,18-20,32H2,1-10H3,(H,33,35,37)/t24-,25+,27+/m0/s1. The van der Waals surface area contributed by atoms with E-state index in [1.807, 2.05) is 30.3 Å². The van der Waals surface area contributed by atoms with E-state index in [4.69, 9.17) is 19.3 Å². The van der Waals surface area contributed by atoms with Crippen molar-refractivity contribution in [3.05, 3.63) is 58.8 Å². The van der Waals surface area contributed by atoms with E-state index >= 15 is 0 Å². The number of anilines is 2. The zero-order chi connectivity index (χ0) is 31.1. The first-order valence-electron chi connectivity index (χ1n) is 14.8. The number of benzene rings is 1. The van der Waals surface area contributed by atoms with Crippen molar-refractivity contribution in [1.29, 1.82) is 0 Å². The molecule has 11 heteroatoms. The van der Waals surface area contributed by atoms with Crippen LogP contribution in [-0.4, -0.2) is 50.0 Å². The van der Waals surface area contributed by atoms with Crippen LogP contribution >= 0.6 is 0 Å². The van der Waals surface area contributed by atoms with Gasteiger partial charge >= 0.3 is 5.69 Å². The normalized spacial score (nSPS) is 20.3. The Labute approximate surface area is 252 Å². The van der Waals surface area contributed by atoms with Crippen molar-refractivity contribution in [3.8, 4) is 0 Å². The highest BCUT2D eigenvalue weighted by Crippen LogP contribution is 2.42. The van der Waals surface area contributed by atoms with E-state index < -0.39 is 22.9 Å². The first-order valence-corrected chi connectivity index (χ1v) is 20.6. The molecule has 3 atom stereocenters. The smallest absolute Gasteiger partial charge is 0.351 e. The molecular weight excluding hydrogens is 563 g/mol. The monoisotopic (exact) mass is 611 g/mol. The average molecular weight is 612 g/mol. The number of nitrogens with one attached hydrogen (secondary N) is 1. The molecule has 0 spiro atoms. The Kier molecular flexibility index (Phi) is 9.12. The Morgan fingerprint density at radius 2 is 1.69 bits per heavy atom. The second-order valence-electron chi connectivity index (χ2n) is 14.4. The van der Waals surface area contributed by atoms with Gasteiger partial charge in [0.15, 0.2) is 16.6 Å². The summed E-state index contributed by atoms with van der Waals surface area (Å²) in [5, 5.41) is 4.33. The lowest BCUT2D eigenvalue weighted by Gasteiger charge is -2.40. The lowest BCUT2D eigenvalue weighted by molar-refractivity contribution is -0.0411. The predicted octanol–water partition coefficient (Wildman–Crippen LogP) is 6.69. The van der Waals surface area contributed by atoms with Gasteiger partial charge in [-0.3, -0.25) is 4.57 Å². The lowest BCUT2D eigenvalue weighted by Crippen LogP contribution is -2.48. The van der Waals surface area contributed by atoms with Crippen molar-refractivity contribution in [2.24, 2.45) is 0 Å². The largest absolute Gasteiger partial charge is 0.414 e. The number of nitrogen functional groups attached to an aromatic ring is 1. The summed E-state index contributed by atoms with van der Waals surface area (Å²) in [6, 6.07) is 11.5. The zero-order valence-corrected chi connectivity index (χ0v) is 28.9. The summed E-state index contributed by atoms with van der Waals surface area (Å²) in [5.41, 5.74) is 7.93. The zero-order valence-electron chi connectivity index (χ0n) is 26.9. The Morgan fingerprint density at radius 1 is 1.00 bits per heavy atom. The van der Waals surface area contributed by atoms with Gasteiger partial charge in [-0.15, -0.1) is 0 Å². The summed E-state index contributed by atoms with van der Waals surface area (Å²) >= 11 is 0. The molecule has 0 amide bonds. The molecule has 3 heterocycles. The molecule has 0 radical (unpaired) electrons. The Morgan fingerprint density at radius 3 is 2.33 bits per heavy atom. The third kappa shape index (κ3) is 7.13. The number of rotatable bonds is 9. The van der Waals surface area contributed by atoms with E-state index in [9.17, 15) is 4.79 Å². The first kappa shape index (κ1) is 32.3. The molecule has 42 heavy (non-hydrogen) atoms. The van der Waals surface area contributed by atoms with Gasteiger partial charge in [-0.05, 0) is 54.5 Å². The maximum atomic E-state index is 13.2. The molecular formula is C31H49N5O4Si2. The highest BCUT2D eigenvalue weighted by atomic mass is 28.4. The number of ether oxygens (including phenoxy) is 1. The Hall–Kier alpha value is -2.58. The number of aromatic nitrogens is 3. The number of para-hydroxylation sites is 1. The van der Waals surface area contributed by atoms with Crippen LogP contribution in [0.15, 0.2) is 47.4 Å². The van der Waals surface area contributed by atoms with Gasteiger partial charge in [-0.2, -0.15) is 4.98 Å². The minimum absolute atomic E-state index is 0.0489. The van der Waals surface area contributed by atoms with Gasteiger partial charge in [0, 0.05) is 18.0 Å². The van der Waals surface area contributed by atoms with Gasteiger partial charge in [0.2, 0.25) is 0 Å². The van der Waals surface area contributed by atoms with Gasteiger partial charge in [-0.25, -0.2) is 9.78 Å². The van der Waals surface area contributed by atoms with Crippen molar-refractivity contribution in [2.45, 2.75) is 109 Å². The van der Waals surface area contributed by atoms with Crippen molar-refractivity contribution < 1.29 is 13.6 Å². The van der Waals surface area contributed by atoms with E-state index in [2.05, 4.69) is 83.0 Å². The number of hydrogen-bond acceptors (Lipinski definition) is 8. The van der Waals surface area contributed by atoms with Gasteiger partial charge in [0.25, 0.3) is 0 Å². The summed E-state index contributed by atoms with van der Waals surface area (Å²) < 4.78 is 21.5. The third-order valence-electron chi connectivity index (χ3n) is 9.25. The fourth-order valence-corrected chi connectivity index (χ4v) is 6.80. The second-order valence-corrected chi connectivity index (χ2v) is 24.0. The molecule has 1 aliphatic heterocycles. The van der Waals surface area contributed by atoms with Crippen LogP contribution in [0.4, 0.5) is 11.5 Å². The minimum Gasteiger partial charge on any atom is -0.414 e. The fraction of sp³-hybridized carbons (Fsp3) is 0.581. The average Bonchev–Trinajstić information content (AvgIpc) is 3.27. The van der Waals surface area contributed by atoms with Crippen molar-refractivity contribution in [3.63, 3.8) is 0 Å². The lowest BCUT2D eigenvalue weighted by atomic mass is 10.2. The molecule has 0 aliphatic carbocycles. The van der Waals surface area contributed by atoms with E-state index in [0.717, 1.165) is 16.6 Å². The van der Waals surface area contributed by atoms with Gasteiger partial charge in [0.1, 0.15) is 18.1 Å². The molecule has 0 bridgehead atoms. The van der Waals surface area contributed by atoms with Crippen LogP contribution in [0.5, 0.6) is 0 Å². The molecule has 1 saturated heterocycles. The van der Waals surface area contributed by atoms with E-state index in [0.29, 0.717) is 31.1 Å². The fourth-order valence-electron chi connectivity index (χ4n) is 4.43. The van der Waals surface area contributed by atoms with E-state index in [-0.39, 0.29) is 28.0 Å². The van der Waals surface area contributed by atoms with Crippen molar-refractivity contribution >= 4 is 39.0 Å². The molecule has 2 aromatic heterocycles. The number of fused-ring (bicyclic) bond motifs is 1. The quantitative estimate of drug-likeness (QED) is 0.203. The molecule has 4 rings (SSSR count). The Bertz CT molecular complexity index is 1460. The van der Waals surface area contributed by atoms with E-state index in [1.165, 1.54) is 0 Å². The van der Waals surface area contributed by atoms with Crippen molar-refractivity contribution in [1.82, 2.24) is 14.5 Å². The third-order valence-corrected chi connectivity index (χ3v) is 18.3. The number of nitrogens with two attached hydrogens (primary N) is 1. The first-order chi connectivity index (χ1) is 19.4. The molecule has 0 saturated carbocycles. The van der Waals surface area contributed by atoms with E-state index in [1.54, 1.807) is 16.8 Å². The van der Waals surface area contributed by atoms with Crippen molar-refractivity contribution in [2.75, 3.05) is 17.7 Å². The van der Waals surface area contributed by atoms with Crippen LogP contribution in [-0.2, 0) is 20.1 Å². The number of nitrogens with zero attached hydrogens (tertiary/aromatic N) is 3. The maximum Gasteiger partial charge on any atom is 0.351 e. The molecule has 3 N–H and O–H groups in total. The molecule has 3 aromatic rings. The molecule has 9 nitrogen and oxygen atoms in total. The minimum atomic E-state index is -2.09. The number of pyridine rings is 1. The van der Waals surface area contributed by atoms with Crippen LogP contribution in [0.2, 0.25) is 36.3 Å². The summed E-state index contributed by atoms with van der Waals surface area (Å²) in [4.78, 5) is 22.2. The maximum absolute atomic E-state index is 13.2. The second kappa shape index (κ2) is 11.8. The molecule has 1 aliphatic rings. The molecule has 0 unspecified atom stereocenters. The summed E-state index contributed by atoms with van der Waals surface area (Å²) in [6.07, 6.45) is 1.39. The van der Waals surface area contributed by atoms with Gasteiger partial charge in [0.05, 0.1) is 36.2 Å². The summed E-state index contributed by atoms with van der Waals surface area (Å²) in [5.74, 6) is 0.476. The van der Waals surface area contributed by atoms with Crippen LogP contribution < -0.4 is 16.7 Å². The molecule has 230 valence electrons. The Balaban J connectivity index is 1.49. The van der Waals surface area contributed by atoms with Crippen LogP contribution in [0, 0.1) is 0 Å². The van der Waals surface area contributed by atoms with Gasteiger partial charge < -0.3 is 24.6 Å².